The number of nitrogens with zero attached hydrogens (tertiary/aromatic N) is 4. The molecule has 0 saturated heterocycles. The van der Waals surface area contributed by atoms with E-state index in [2.05, 4.69) is 27.3 Å². The van der Waals surface area contributed by atoms with Crippen LogP contribution >= 0.6 is 0 Å². The number of hydrogen-bond donors (Lipinski definition) is 1. The van der Waals surface area contributed by atoms with Crippen LogP contribution in [-0.2, 0) is 6.42 Å². The van der Waals surface area contributed by atoms with Crippen LogP contribution in [0.15, 0.2) is 60.9 Å². The van der Waals surface area contributed by atoms with E-state index in [0.717, 1.165) is 23.4 Å². The largest absolute Gasteiger partial charge is 0.439 e. The van der Waals surface area contributed by atoms with Crippen LogP contribution in [0.4, 0.5) is 5.69 Å². The van der Waals surface area contributed by atoms with Crippen LogP contribution in [0.25, 0.3) is 5.82 Å². The zero-order chi connectivity index (χ0) is 22.7. The van der Waals surface area contributed by atoms with Crippen molar-refractivity contribution in [2.75, 3.05) is 5.32 Å². The van der Waals surface area contributed by atoms with Crippen molar-refractivity contribution in [3.8, 4) is 17.4 Å². The van der Waals surface area contributed by atoms with E-state index in [1.165, 1.54) is 11.9 Å². The van der Waals surface area contributed by atoms with E-state index in [-0.39, 0.29) is 5.91 Å². The highest BCUT2D eigenvalue weighted by atomic mass is 16.5. The number of aromatic nitrogens is 4. The summed E-state index contributed by atoms with van der Waals surface area (Å²) >= 11 is 0. The topological polar surface area (TPSA) is 81.9 Å². The number of benzene rings is 2. The second-order valence-electron chi connectivity index (χ2n) is 7.55. The summed E-state index contributed by atoms with van der Waals surface area (Å²) in [4.78, 5) is 21.0. The summed E-state index contributed by atoms with van der Waals surface area (Å²) < 4.78 is 7.67. The number of carbonyl (C=O) groups is 1. The smallest absolute Gasteiger partial charge is 0.255 e. The van der Waals surface area contributed by atoms with Crippen molar-refractivity contribution < 1.29 is 9.53 Å². The van der Waals surface area contributed by atoms with E-state index in [1.54, 1.807) is 35.0 Å². The lowest BCUT2D eigenvalue weighted by Crippen LogP contribution is -2.11. The molecule has 4 rings (SSSR count). The summed E-state index contributed by atoms with van der Waals surface area (Å²) in [5.41, 5.74) is 5.62. The first-order valence-corrected chi connectivity index (χ1v) is 10.5. The fourth-order valence-corrected chi connectivity index (χ4v) is 3.27. The van der Waals surface area contributed by atoms with Crippen molar-refractivity contribution >= 4 is 11.6 Å². The fraction of sp³-hybridized carbons (Fsp3) is 0.200. The molecule has 0 fully saturated rings. The lowest BCUT2D eigenvalue weighted by atomic mass is 10.1. The highest BCUT2D eigenvalue weighted by molar-refractivity contribution is 6.04. The van der Waals surface area contributed by atoms with Crippen LogP contribution in [0.1, 0.15) is 39.8 Å². The molecule has 32 heavy (non-hydrogen) atoms. The normalized spacial score (nSPS) is 10.8. The average molecular weight is 428 g/mol. The minimum Gasteiger partial charge on any atom is -0.439 e. The molecule has 0 atom stereocenters. The molecule has 0 bridgehead atoms. The van der Waals surface area contributed by atoms with Crippen LogP contribution in [-0.4, -0.2) is 25.7 Å². The molecule has 0 unspecified atom stereocenters. The Bertz CT molecular complexity index is 1240. The molecule has 0 radical (unpaired) electrons. The first-order chi connectivity index (χ1) is 15.4. The second-order valence-corrected chi connectivity index (χ2v) is 7.55. The number of carbonyl (C=O) groups excluding carboxylic acids is 1. The Kier molecular flexibility index (Phi) is 5.98. The second kappa shape index (κ2) is 9.01. The van der Waals surface area contributed by atoms with Crippen molar-refractivity contribution in [2.24, 2.45) is 0 Å². The van der Waals surface area contributed by atoms with Gasteiger partial charge in [0.15, 0.2) is 5.82 Å². The predicted molar refractivity (Wildman–Crippen MR) is 124 cm³/mol. The number of rotatable bonds is 6. The standard InChI is InChI=1S/C25H25N5O2/c1-5-19-6-8-20(9-7-19)25(31)28-21-10-12-22(13-11-21)32-24-14-23(26-15-27-24)30-18(4)16(2)17(3)29-30/h6-15H,5H2,1-4H3,(H,28,31). The molecule has 7 heteroatoms. The molecule has 2 aromatic heterocycles. The number of amides is 1. The summed E-state index contributed by atoms with van der Waals surface area (Å²) in [6.07, 6.45) is 2.40. The third kappa shape index (κ3) is 4.51. The molecule has 2 aromatic carbocycles. The van der Waals surface area contributed by atoms with Gasteiger partial charge in [0.2, 0.25) is 5.88 Å². The maximum absolute atomic E-state index is 12.4. The molecule has 162 valence electrons. The van der Waals surface area contributed by atoms with Crippen LogP contribution in [0.5, 0.6) is 11.6 Å². The monoisotopic (exact) mass is 427 g/mol. The van der Waals surface area contributed by atoms with E-state index in [0.29, 0.717) is 28.7 Å². The third-order valence-corrected chi connectivity index (χ3v) is 5.46. The Balaban J connectivity index is 1.44. The summed E-state index contributed by atoms with van der Waals surface area (Å²) in [7, 11) is 0. The lowest BCUT2D eigenvalue weighted by Gasteiger charge is -2.09. The maximum Gasteiger partial charge on any atom is 0.255 e. The Morgan fingerprint density at radius 1 is 1.00 bits per heavy atom. The minimum absolute atomic E-state index is 0.151. The van der Waals surface area contributed by atoms with Gasteiger partial charge in [-0.05, 0) is 74.7 Å². The number of nitrogens with one attached hydrogen (secondary N) is 1. The Morgan fingerprint density at radius 2 is 1.72 bits per heavy atom. The van der Waals surface area contributed by atoms with E-state index in [4.69, 9.17) is 4.74 Å². The van der Waals surface area contributed by atoms with Gasteiger partial charge in [-0.1, -0.05) is 19.1 Å². The molecule has 0 aliphatic carbocycles. The van der Waals surface area contributed by atoms with Crippen molar-refractivity contribution in [1.82, 2.24) is 19.7 Å². The molecule has 4 aromatic rings. The molecule has 1 amide bonds. The van der Waals surface area contributed by atoms with Gasteiger partial charge < -0.3 is 10.1 Å². The van der Waals surface area contributed by atoms with Gasteiger partial charge in [0.1, 0.15) is 12.1 Å². The number of hydrogen-bond acceptors (Lipinski definition) is 5. The summed E-state index contributed by atoms with van der Waals surface area (Å²) in [5, 5.41) is 7.43. The summed E-state index contributed by atoms with van der Waals surface area (Å²) in [6, 6.07) is 16.5. The quantitative estimate of drug-likeness (QED) is 0.458. The van der Waals surface area contributed by atoms with Gasteiger partial charge in [-0.25, -0.2) is 14.6 Å². The van der Waals surface area contributed by atoms with Crippen molar-refractivity contribution in [3.63, 3.8) is 0 Å². The molecule has 0 saturated carbocycles. The predicted octanol–water partition coefficient (Wildman–Crippen LogP) is 5.19. The number of anilines is 1. The van der Waals surface area contributed by atoms with E-state index in [1.807, 2.05) is 45.0 Å². The highest BCUT2D eigenvalue weighted by Crippen LogP contribution is 2.24. The van der Waals surface area contributed by atoms with Gasteiger partial charge in [0.25, 0.3) is 5.91 Å². The first kappa shape index (κ1) is 21.2. The lowest BCUT2D eigenvalue weighted by molar-refractivity contribution is 0.102. The SMILES string of the molecule is CCc1ccc(C(=O)Nc2ccc(Oc3cc(-n4nc(C)c(C)c4C)ncn3)cc2)cc1. The summed E-state index contributed by atoms with van der Waals surface area (Å²) in [5.74, 6) is 1.50. The van der Waals surface area contributed by atoms with E-state index >= 15 is 0 Å². The number of aryl methyl sites for hydroxylation is 2. The Hall–Kier alpha value is -4.00. The van der Waals surface area contributed by atoms with Gasteiger partial charge in [-0.15, -0.1) is 0 Å². The zero-order valence-corrected chi connectivity index (χ0v) is 18.6. The third-order valence-electron chi connectivity index (χ3n) is 5.46. The molecule has 0 aliphatic heterocycles. The Morgan fingerprint density at radius 3 is 2.34 bits per heavy atom. The number of ether oxygens (including phenoxy) is 1. The first-order valence-electron chi connectivity index (χ1n) is 10.5. The van der Waals surface area contributed by atoms with Crippen LogP contribution in [0.2, 0.25) is 0 Å². The zero-order valence-electron chi connectivity index (χ0n) is 18.6. The van der Waals surface area contributed by atoms with E-state index < -0.39 is 0 Å². The fourth-order valence-electron chi connectivity index (χ4n) is 3.27. The molecular formula is C25H25N5O2. The van der Waals surface area contributed by atoms with Crippen molar-refractivity contribution in [2.45, 2.75) is 34.1 Å². The Labute approximate surface area is 187 Å². The van der Waals surface area contributed by atoms with Crippen LogP contribution in [0, 0.1) is 20.8 Å². The molecule has 7 nitrogen and oxygen atoms in total. The molecule has 2 heterocycles. The molecule has 0 aliphatic rings. The van der Waals surface area contributed by atoms with Gasteiger partial charge in [-0.3, -0.25) is 4.79 Å². The molecule has 0 spiro atoms. The van der Waals surface area contributed by atoms with Crippen molar-refractivity contribution in [3.05, 3.63) is 89.0 Å². The van der Waals surface area contributed by atoms with Gasteiger partial charge >= 0.3 is 0 Å². The van der Waals surface area contributed by atoms with Crippen LogP contribution < -0.4 is 10.1 Å². The van der Waals surface area contributed by atoms with Gasteiger partial charge in [0, 0.05) is 23.0 Å². The van der Waals surface area contributed by atoms with E-state index in [9.17, 15) is 4.79 Å². The average Bonchev–Trinajstić information content (AvgIpc) is 3.08. The highest BCUT2D eigenvalue weighted by Gasteiger charge is 2.12. The van der Waals surface area contributed by atoms with Crippen LogP contribution in [0.3, 0.4) is 0 Å². The van der Waals surface area contributed by atoms with Gasteiger partial charge in [0.05, 0.1) is 5.69 Å². The molecule has 1 N–H and O–H groups in total. The maximum atomic E-state index is 12.4. The van der Waals surface area contributed by atoms with Gasteiger partial charge in [-0.2, -0.15) is 5.10 Å². The van der Waals surface area contributed by atoms with Crippen molar-refractivity contribution in [1.29, 1.82) is 0 Å². The molecular weight excluding hydrogens is 402 g/mol. The summed E-state index contributed by atoms with van der Waals surface area (Å²) in [6.45, 7) is 8.09. The minimum atomic E-state index is -0.151.